The Morgan fingerprint density at radius 2 is 2.23 bits per heavy atom. The summed E-state index contributed by atoms with van der Waals surface area (Å²) in [4.78, 5) is 12.3. The summed E-state index contributed by atoms with van der Waals surface area (Å²) in [5.74, 6) is -0.722. The monoisotopic (exact) mass is 455 g/mol. The Morgan fingerprint density at radius 1 is 1.40 bits per heavy atom. The van der Waals surface area contributed by atoms with Gasteiger partial charge in [-0.15, -0.1) is 0 Å². The second-order valence-corrected chi connectivity index (χ2v) is 9.52. The number of hydrogen-bond donors (Lipinski definition) is 2. The Bertz CT molecular complexity index is 1110. The number of aliphatic hydroxyl groups excluding tert-OH is 1. The van der Waals surface area contributed by atoms with Gasteiger partial charge in [-0.3, -0.25) is 4.57 Å². The number of imidazole rings is 1. The van der Waals surface area contributed by atoms with E-state index in [4.69, 9.17) is 26.4 Å². The summed E-state index contributed by atoms with van der Waals surface area (Å²) in [6, 6.07) is 4.25. The number of aromatic nitrogens is 4. The van der Waals surface area contributed by atoms with Crippen molar-refractivity contribution < 1.29 is 23.1 Å². The molecule has 9 nitrogen and oxygen atoms in total. The fourth-order valence-corrected chi connectivity index (χ4v) is 5.71. The van der Waals surface area contributed by atoms with Crippen molar-refractivity contribution in [3.05, 3.63) is 47.3 Å². The minimum atomic E-state index is -3.51. The van der Waals surface area contributed by atoms with Crippen molar-refractivity contribution in [2.45, 2.75) is 19.1 Å². The number of anilines is 1. The molecule has 30 heavy (non-hydrogen) atoms. The van der Waals surface area contributed by atoms with E-state index in [0.29, 0.717) is 23.1 Å². The van der Waals surface area contributed by atoms with Gasteiger partial charge in [0.2, 0.25) is 0 Å². The third-order valence-corrected chi connectivity index (χ3v) is 7.30. The molecule has 2 aromatic heterocycles. The van der Waals surface area contributed by atoms with Crippen LogP contribution in [0.5, 0.6) is 0 Å². The number of nitrogens with zero attached hydrogens (tertiary/aromatic N) is 4. The molecule has 1 fully saturated rings. The topological polar surface area (TPSA) is 125 Å². The molecule has 0 spiro atoms. The van der Waals surface area contributed by atoms with Gasteiger partial charge in [0.25, 0.3) is 0 Å². The summed E-state index contributed by atoms with van der Waals surface area (Å²) in [6.45, 7) is 0.254. The van der Waals surface area contributed by atoms with Gasteiger partial charge in [0.05, 0.1) is 30.2 Å². The van der Waals surface area contributed by atoms with Crippen LogP contribution in [0.15, 0.2) is 30.9 Å². The zero-order valence-electron chi connectivity index (χ0n) is 15.8. The summed E-state index contributed by atoms with van der Waals surface area (Å²) in [6.07, 6.45) is 2.79. The van der Waals surface area contributed by atoms with Crippen LogP contribution in [0.1, 0.15) is 18.1 Å². The highest BCUT2D eigenvalue weighted by Gasteiger charge is 2.37. The Labute approximate surface area is 176 Å². The van der Waals surface area contributed by atoms with Gasteiger partial charge in [0.15, 0.2) is 11.5 Å². The molecule has 3 aromatic rings. The maximum absolute atomic E-state index is 13.4. The molecule has 1 aliphatic rings. The zero-order chi connectivity index (χ0) is 21.3. The van der Waals surface area contributed by atoms with Crippen molar-refractivity contribution in [3.8, 4) is 0 Å². The van der Waals surface area contributed by atoms with E-state index in [2.05, 4.69) is 15.0 Å². The number of halogens is 2. The van der Waals surface area contributed by atoms with Crippen LogP contribution in [0, 0.1) is 11.7 Å². The molecule has 2 unspecified atom stereocenters. The van der Waals surface area contributed by atoms with Crippen molar-refractivity contribution in [1.82, 2.24) is 19.5 Å². The Balaban J connectivity index is 1.49. The Kier molecular flexibility index (Phi) is 6.04. The molecule has 160 valence electrons. The quantitative estimate of drug-likeness (QED) is 0.543. The average molecular weight is 456 g/mol. The summed E-state index contributed by atoms with van der Waals surface area (Å²) < 4.78 is 39.7. The molecule has 1 aromatic carbocycles. The minimum absolute atomic E-state index is 0.00480. The number of benzene rings is 1. The molecule has 3 atom stereocenters. The molecule has 0 aliphatic carbocycles. The summed E-state index contributed by atoms with van der Waals surface area (Å²) >= 11 is 5.86. The van der Waals surface area contributed by atoms with E-state index in [1.54, 1.807) is 17.0 Å². The number of nitrogen functional groups attached to an aromatic ring is 1. The first kappa shape index (κ1) is 21.1. The molecule has 0 bridgehead atoms. The standard InChI is InChI=1S/C18H20ClFN5O4P/c19-13-5-12(1-2-14(13)20)15-3-4-28-30(27,29-15)8-11(7-26)6-25-10-24-16-17(21)22-9-23-18(16)25/h1-2,5,9-11,15,26H,3-4,6-8H2,(H2,21,22,23)/t11?,15-,30?/m0/s1. The normalized spacial score (nSPS) is 23.0. The van der Waals surface area contributed by atoms with E-state index < -0.39 is 25.4 Å². The van der Waals surface area contributed by atoms with Crippen molar-refractivity contribution in [2.24, 2.45) is 5.92 Å². The second kappa shape index (κ2) is 8.56. The number of fused-ring (bicyclic) bond motifs is 1. The Hall–Kier alpha value is -2.10. The summed E-state index contributed by atoms with van der Waals surface area (Å²) in [5.41, 5.74) is 7.40. The van der Waals surface area contributed by atoms with E-state index in [9.17, 15) is 14.1 Å². The van der Waals surface area contributed by atoms with Gasteiger partial charge in [-0.05, 0) is 17.7 Å². The second-order valence-electron chi connectivity index (χ2n) is 7.06. The van der Waals surface area contributed by atoms with Gasteiger partial charge in [-0.25, -0.2) is 19.3 Å². The van der Waals surface area contributed by atoms with Gasteiger partial charge < -0.3 is 24.5 Å². The number of rotatable bonds is 6. The largest absolute Gasteiger partial charge is 0.396 e. The van der Waals surface area contributed by atoms with E-state index in [-0.39, 0.29) is 36.8 Å². The third-order valence-electron chi connectivity index (χ3n) is 4.90. The van der Waals surface area contributed by atoms with Crippen molar-refractivity contribution >= 4 is 36.2 Å². The van der Waals surface area contributed by atoms with Crippen LogP contribution < -0.4 is 5.73 Å². The lowest BCUT2D eigenvalue weighted by molar-refractivity contribution is 0.0770. The molecule has 1 saturated heterocycles. The van der Waals surface area contributed by atoms with Crippen LogP contribution in [0.4, 0.5) is 10.2 Å². The SMILES string of the molecule is Nc1ncnc2c1ncn2CC(CO)CP1(=O)OCC[C@@H](c2ccc(F)c(Cl)c2)O1. The first-order valence-corrected chi connectivity index (χ1v) is 11.4. The first-order valence-electron chi connectivity index (χ1n) is 9.27. The van der Waals surface area contributed by atoms with Crippen LogP contribution >= 0.6 is 19.2 Å². The van der Waals surface area contributed by atoms with Gasteiger partial charge in [0.1, 0.15) is 17.7 Å². The van der Waals surface area contributed by atoms with Crippen molar-refractivity contribution in [1.29, 1.82) is 0 Å². The number of aliphatic hydroxyl groups is 1. The number of nitrogens with two attached hydrogens (primary N) is 1. The predicted molar refractivity (Wildman–Crippen MR) is 109 cm³/mol. The molecular formula is C18H20ClFN5O4P. The molecule has 0 amide bonds. The molecular weight excluding hydrogens is 436 g/mol. The van der Waals surface area contributed by atoms with Crippen LogP contribution in [0.25, 0.3) is 11.2 Å². The van der Waals surface area contributed by atoms with Gasteiger partial charge in [0, 0.05) is 25.5 Å². The fourth-order valence-electron chi connectivity index (χ4n) is 3.41. The third kappa shape index (κ3) is 4.33. The van der Waals surface area contributed by atoms with Crippen LogP contribution in [0.2, 0.25) is 5.02 Å². The first-order chi connectivity index (χ1) is 14.4. The highest BCUT2D eigenvalue weighted by molar-refractivity contribution is 7.53. The molecule has 4 rings (SSSR count). The number of hydrogen-bond acceptors (Lipinski definition) is 8. The smallest absolute Gasteiger partial charge is 0.331 e. The van der Waals surface area contributed by atoms with E-state index in [1.165, 1.54) is 18.5 Å². The fraction of sp³-hybridized carbons (Fsp3) is 0.389. The lowest BCUT2D eigenvalue weighted by Gasteiger charge is -2.32. The minimum Gasteiger partial charge on any atom is -0.396 e. The maximum atomic E-state index is 13.4. The van der Waals surface area contributed by atoms with Crippen LogP contribution in [-0.4, -0.2) is 44.0 Å². The highest BCUT2D eigenvalue weighted by Crippen LogP contribution is 2.57. The van der Waals surface area contributed by atoms with Crippen LogP contribution in [0.3, 0.4) is 0 Å². The molecule has 3 N–H and O–H groups in total. The lowest BCUT2D eigenvalue weighted by atomic mass is 10.1. The van der Waals surface area contributed by atoms with Crippen molar-refractivity contribution in [2.75, 3.05) is 25.1 Å². The summed E-state index contributed by atoms with van der Waals surface area (Å²) in [7, 11) is -3.51. The van der Waals surface area contributed by atoms with E-state index >= 15 is 0 Å². The molecule has 0 radical (unpaired) electrons. The molecule has 0 saturated carbocycles. The van der Waals surface area contributed by atoms with Gasteiger partial charge in [-0.1, -0.05) is 17.7 Å². The zero-order valence-corrected chi connectivity index (χ0v) is 17.5. The molecule has 3 heterocycles. The van der Waals surface area contributed by atoms with Gasteiger partial charge >= 0.3 is 7.60 Å². The highest BCUT2D eigenvalue weighted by atomic mass is 35.5. The predicted octanol–water partition coefficient (Wildman–Crippen LogP) is 3.18. The van der Waals surface area contributed by atoms with E-state index in [0.717, 1.165) is 0 Å². The lowest BCUT2D eigenvalue weighted by Crippen LogP contribution is -2.23. The Morgan fingerprint density at radius 3 is 3.00 bits per heavy atom. The van der Waals surface area contributed by atoms with E-state index in [1.807, 2.05) is 0 Å². The maximum Gasteiger partial charge on any atom is 0.331 e. The summed E-state index contributed by atoms with van der Waals surface area (Å²) in [5, 5.41) is 9.84. The van der Waals surface area contributed by atoms with Gasteiger partial charge in [-0.2, -0.15) is 0 Å². The molecule has 1 aliphatic heterocycles. The van der Waals surface area contributed by atoms with Crippen LogP contribution in [-0.2, 0) is 20.2 Å². The molecule has 12 heteroatoms. The average Bonchev–Trinajstić information content (AvgIpc) is 3.13. The van der Waals surface area contributed by atoms with Crippen molar-refractivity contribution in [3.63, 3.8) is 0 Å².